The molecular weight excluding hydrogens is 304 g/mol. The first kappa shape index (κ1) is 14.8. The van der Waals surface area contributed by atoms with Crippen LogP contribution in [-0.4, -0.2) is 38.7 Å². The fourth-order valence-electron chi connectivity index (χ4n) is 2.56. The highest BCUT2D eigenvalue weighted by Crippen LogP contribution is 2.17. The van der Waals surface area contributed by atoms with Gasteiger partial charge in [-0.05, 0) is 12.8 Å². The van der Waals surface area contributed by atoms with Gasteiger partial charge in [0.2, 0.25) is 5.95 Å². The van der Waals surface area contributed by atoms with E-state index in [2.05, 4.69) is 20.3 Å². The van der Waals surface area contributed by atoms with E-state index in [9.17, 15) is 4.79 Å². The van der Waals surface area contributed by atoms with Crippen molar-refractivity contribution >= 4 is 23.4 Å². The SMILES string of the molecule is Cn1ccnc(N2CCC[C@H](Nc3ncc(Cl)cn3)C2)c1=O. The number of halogens is 1. The number of hydrogen-bond donors (Lipinski definition) is 1. The van der Waals surface area contributed by atoms with E-state index in [1.807, 2.05) is 4.90 Å². The van der Waals surface area contributed by atoms with Crippen LogP contribution in [-0.2, 0) is 7.05 Å². The minimum atomic E-state index is -0.0779. The van der Waals surface area contributed by atoms with Gasteiger partial charge in [0.15, 0.2) is 5.82 Å². The number of anilines is 2. The fourth-order valence-corrected chi connectivity index (χ4v) is 2.66. The Bertz CT molecular complexity index is 701. The van der Waals surface area contributed by atoms with Gasteiger partial charge in [-0.15, -0.1) is 0 Å². The molecular formula is C14H17ClN6O. The largest absolute Gasteiger partial charge is 0.350 e. The van der Waals surface area contributed by atoms with Crippen molar-refractivity contribution in [2.45, 2.75) is 18.9 Å². The number of aromatic nitrogens is 4. The lowest BCUT2D eigenvalue weighted by atomic mass is 10.1. The van der Waals surface area contributed by atoms with Crippen molar-refractivity contribution in [2.75, 3.05) is 23.3 Å². The summed E-state index contributed by atoms with van der Waals surface area (Å²) in [7, 11) is 1.73. The van der Waals surface area contributed by atoms with Gasteiger partial charge in [0.25, 0.3) is 5.56 Å². The molecule has 0 amide bonds. The highest BCUT2D eigenvalue weighted by molar-refractivity contribution is 6.30. The van der Waals surface area contributed by atoms with Gasteiger partial charge < -0.3 is 14.8 Å². The molecule has 1 N–H and O–H groups in total. The monoisotopic (exact) mass is 320 g/mol. The number of nitrogens with zero attached hydrogens (tertiary/aromatic N) is 5. The summed E-state index contributed by atoms with van der Waals surface area (Å²) in [5, 5.41) is 3.79. The summed E-state index contributed by atoms with van der Waals surface area (Å²) in [5.74, 6) is 1.04. The maximum absolute atomic E-state index is 12.2. The summed E-state index contributed by atoms with van der Waals surface area (Å²) in [4.78, 5) is 26.7. The molecule has 22 heavy (non-hydrogen) atoms. The molecule has 8 heteroatoms. The third-order valence-electron chi connectivity index (χ3n) is 3.67. The van der Waals surface area contributed by atoms with Crippen molar-refractivity contribution in [2.24, 2.45) is 7.05 Å². The van der Waals surface area contributed by atoms with Crippen LogP contribution in [0.3, 0.4) is 0 Å². The number of rotatable bonds is 3. The Labute approximate surface area is 133 Å². The second-order valence-electron chi connectivity index (χ2n) is 5.32. The topological polar surface area (TPSA) is 75.9 Å². The Morgan fingerprint density at radius 2 is 2.09 bits per heavy atom. The Morgan fingerprint density at radius 1 is 1.32 bits per heavy atom. The lowest BCUT2D eigenvalue weighted by molar-refractivity contribution is 0.521. The van der Waals surface area contributed by atoms with Crippen LogP contribution in [0.2, 0.25) is 5.02 Å². The zero-order valence-corrected chi connectivity index (χ0v) is 13.0. The van der Waals surface area contributed by atoms with E-state index in [1.54, 1.807) is 36.4 Å². The van der Waals surface area contributed by atoms with Crippen LogP contribution in [0.4, 0.5) is 11.8 Å². The number of aryl methyl sites for hydroxylation is 1. The van der Waals surface area contributed by atoms with Gasteiger partial charge in [-0.1, -0.05) is 11.6 Å². The molecule has 0 unspecified atom stereocenters. The zero-order chi connectivity index (χ0) is 15.5. The Hall–Kier alpha value is -2.15. The molecule has 3 rings (SSSR count). The van der Waals surface area contributed by atoms with E-state index in [4.69, 9.17) is 11.6 Å². The molecule has 7 nitrogen and oxygen atoms in total. The van der Waals surface area contributed by atoms with E-state index in [1.165, 1.54) is 0 Å². The van der Waals surface area contributed by atoms with E-state index in [-0.39, 0.29) is 11.6 Å². The molecule has 1 atom stereocenters. The third-order valence-corrected chi connectivity index (χ3v) is 3.87. The van der Waals surface area contributed by atoms with E-state index in [0.717, 1.165) is 19.4 Å². The lowest BCUT2D eigenvalue weighted by Gasteiger charge is -2.33. The van der Waals surface area contributed by atoms with E-state index >= 15 is 0 Å². The minimum absolute atomic E-state index is 0.0779. The van der Waals surface area contributed by atoms with Gasteiger partial charge in [-0.3, -0.25) is 4.79 Å². The summed E-state index contributed by atoms with van der Waals surface area (Å²) in [6.45, 7) is 1.52. The van der Waals surface area contributed by atoms with Crippen molar-refractivity contribution in [1.82, 2.24) is 19.5 Å². The molecule has 1 aliphatic rings. The summed E-state index contributed by atoms with van der Waals surface area (Å²) < 4.78 is 1.54. The lowest BCUT2D eigenvalue weighted by Crippen LogP contribution is -2.45. The quantitative estimate of drug-likeness (QED) is 0.919. The average molecular weight is 321 g/mol. The number of piperidine rings is 1. The number of nitrogens with one attached hydrogen (secondary N) is 1. The smallest absolute Gasteiger partial charge is 0.293 e. The molecule has 2 aromatic rings. The van der Waals surface area contributed by atoms with E-state index < -0.39 is 0 Å². The maximum atomic E-state index is 12.2. The summed E-state index contributed by atoms with van der Waals surface area (Å²) in [6.07, 6.45) is 8.40. The van der Waals surface area contributed by atoms with Crippen molar-refractivity contribution in [3.05, 3.63) is 40.2 Å². The van der Waals surface area contributed by atoms with Gasteiger partial charge in [-0.25, -0.2) is 15.0 Å². The molecule has 0 aliphatic carbocycles. The zero-order valence-electron chi connectivity index (χ0n) is 12.2. The van der Waals surface area contributed by atoms with Gasteiger partial charge in [0, 0.05) is 38.6 Å². The highest BCUT2D eigenvalue weighted by Gasteiger charge is 2.23. The Balaban J connectivity index is 1.72. The predicted octanol–water partition coefficient (Wildman–Crippen LogP) is 1.30. The van der Waals surface area contributed by atoms with Crippen LogP contribution in [0.5, 0.6) is 0 Å². The van der Waals surface area contributed by atoms with E-state index in [0.29, 0.717) is 23.3 Å². The maximum Gasteiger partial charge on any atom is 0.293 e. The van der Waals surface area contributed by atoms with Crippen molar-refractivity contribution in [3.8, 4) is 0 Å². The molecule has 0 saturated carbocycles. The normalized spacial score (nSPS) is 18.3. The molecule has 116 valence electrons. The van der Waals surface area contributed by atoms with Gasteiger partial charge in [0.05, 0.1) is 17.4 Å². The van der Waals surface area contributed by atoms with Crippen LogP contribution >= 0.6 is 11.6 Å². The second-order valence-corrected chi connectivity index (χ2v) is 5.76. The molecule has 0 bridgehead atoms. The molecule has 3 heterocycles. The van der Waals surface area contributed by atoms with Crippen LogP contribution in [0, 0.1) is 0 Å². The fraction of sp³-hybridized carbons (Fsp3) is 0.429. The average Bonchev–Trinajstić information content (AvgIpc) is 2.53. The van der Waals surface area contributed by atoms with Crippen LogP contribution in [0.1, 0.15) is 12.8 Å². The highest BCUT2D eigenvalue weighted by atomic mass is 35.5. The Kier molecular flexibility index (Phi) is 4.24. The van der Waals surface area contributed by atoms with Crippen molar-refractivity contribution in [1.29, 1.82) is 0 Å². The molecule has 1 aliphatic heterocycles. The van der Waals surface area contributed by atoms with Crippen LogP contribution < -0.4 is 15.8 Å². The summed E-state index contributed by atoms with van der Waals surface area (Å²) in [6, 6.07) is 0.168. The number of hydrogen-bond acceptors (Lipinski definition) is 6. The standard InChI is InChI=1S/C14H17ClN6O/c1-20-6-4-16-12(13(20)22)21-5-2-3-11(9-21)19-14-17-7-10(15)8-18-14/h4,6-8,11H,2-3,5,9H2,1H3,(H,17,18,19)/t11-/m0/s1. The molecule has 1 saturated heterocycles. The third kappa shape index (κ3) is 3.19. The van der Waals surface area contributed by atoms with Gasteiger partial charge in [0.1, 0.15) is 0 Å². The first-order valence-corrected chi connectivity index (χ1v) is 7.52. The molecule has 0 aromatic carbocycles. The molecule has 1 fully saturated rings. The van der Waals surface area contributed by atoms with Crippen LogP contribution in [0.15, 0.2) is 29.6 Å². The first-order chi connectivity index (χ1) is 10.6. The van der Waals surface area contributed by atoms with Crippen LogP contribution in [0.25, 0.3) is 0 Å². The second kappa shape index (κ2) is 6.31. The molecule has 0 spiro atoms. The predicted molar refractivity (Wildman–Crippen MR) is 85.4 cm³/mol. The van der Waals surface area contributed by atoms with Gasteiger partial charge >= 0.3 is 0 Å². The molecule has 0 radical (unpaired) electrons. The Morgan fingerprint density at radius 3 is 2.86 bits per heavy atom. The first-order valence-electron chi connectivity index (χ1n) is 7.14. The summed E-state index contributed by atoms with van der Waals surface area (Å²) in [5.41, 5.74) is -0.0779. The van der Waals surface area contributed by atoms with Crippen molar-refractivity contribution in [3.63, 3.8) is 0 Å². The van der Waals surface area contributed by atoms with Gasteiger partial charge in [-0.2, -0.15) is 0 Å². The van der Waals surface area contributed by atoms with Crippen molar-refractivity contribution < 1.29 is 0 Å². The minimum Gasteiger partial charge on any atom is -0.350 e. The molecule has 2 aromatic heterocycles. The summed E-state index contributed by atoms with van der Waals surface area (Å²) >= 11 is 5.78.